The van der Waals surface area contributed by atoms with Crippen molar-refractivity contribution >= 4 is 21.5 Å². The van der Waals surface area contributed by atoms with Gasteiger partial charge < -0.3 is 10.1 Å². The Labute approximate surface area is 146 Å². The molecule has 1 aliphatic heterocycles. The fraction of sp³-hybridized carbons (Fsp3) is 0.562. The fourth-order valence-corrected chi connectivity index (χ4v) is 3.60. The van der Waals surface area contributed by atoms with E-state index in [1.54, 1.807) is 13.8 Å². The number of carbonyl (C=O) groups excluding carboxylic acids is 1. The normalized spacial score (nSPS) is 16.4. The standard InChI is InChI=1S/C16H22N2O6S/c1-16(2,11-6-8-17-9-7-11)24-15(19)13-5-4-12(25(3,22)23)10-14(13)18(20)21/h4-5,10-11,17H,6-9H2,1-3H3. The number of hydrogen-bond donors (Lipinski definition) is 1. The molecule has 0 bridgehead atoms. The summed E-state index contributed by atoms with van der Waals surface area (Å²) in [6.45, 7) is 5.24. The monoisotopic (exact) mass is 370 g/mol. The molecule has 0 atom stereocenters. The van der Waals surface area contributed by atoms with E-state index in [0.29, 0.717) is 0 Å². The summed E-state index contributed by atoms with van der Waals surface area (Å²) in [5.74, 6) is -0.678. The number of benzene rings is 1. The van der Waals surface area contributed by atoms with Crippen LogP contribution in [0, 0.1) is 16.0 Å². The van der Waals surface area contributed by atoms with Crippen LogP contribution in [0.2, 0.25) is 0 Å². The van der Waals surface area contributed by atoms with Crippen LogP contribution in [0.1, 0.15) is 37.0 Å². The van der Waals surface area contributed by atoms with Gasteiger partial charge in [0.15, 0.2) is 9.84 Å². The highest BCUT2D eigenvalue weighted by molar-refractivity contribution is 7.90. The summed E-state index contributed by atoms with van der Waals surface area (Å²) in [5, 5.41) is 14.5. The summed E-state index contributed by atoms with van der Waals surface area (Å²) in [6, 6.07) is 3.20. The predicted molar refractivity (Wildman–Crippen MR) is 91.3 cm³/mol. The van der Waals surface area contributed by atoms with Gasteiger partial charge in [0, 0.05) is 18.2 Å². The summed E-state index contributed by atoms with van der Waals surface area (Å²) in [6.07, 6.45) is 2.63. The molecular weight excluding hydrogens is 348 g/mol. The van der Waals surface area contributed by atoms with Crippen LogP contribution in [0.3, 0.4) is 0 Å². The lowest BCUT2D eigenvalue weighted by Gasteiger charge is -2.36. The first-order valence-electron chi connectivity index (χ1n) is 7.95. The van der Waals surface area contributed by atoms with Gasteiger partial charge in [-0.3, -0.25) is 10.1 Å². The number of nitro benzene ring substituents is 1. The highest BCUT2D eigenvalue weighted by Crippen LogP contribution is 2.31. The Kier molecular flexibility index (Phi) is 5.48. The third-order valence-electron chi connectivity index (χ3n) is 4.49. The summed E-state index contributed by atoms with van der Waals surface area (Å²) >= 11 is 0. The lowest BCUT2D eigenvalue weighted by atomic mass is 9.83. The number of piperidine rings is 1. The molecule has 1 aromatic carbocycles. The molecule has 1 heterocycles. The van der Waals surface area contributed by atoms with Gasteiger partial charge in [0.25, 0.3) is 5.69 Å². The Morgan fingerprint density at radius 2 is 1.92 bits per heavy atom. The average Bonchev–Trinajstić information content (AvgIpc) is 2.53. The summed E-state index contributed by atoms with van der Waals surface area (Å²) in [7, 11) is -3.62. The molecule has 1 fully saturated rings. The van der Waals surface area contributed by atoms with Gasteiger partial charge in [0.2, 0.25) is 0 Å². The van der Waals surface area contributed by atoms with Crippen molar-refractivity contribution in [2.24, 2.45) is 5.92 Å². The number of esters is 1. The topological polar surface area (TPSA) is 116 Å². The van der Waals surface area contributed by atoms with Crippen molar-refractivity contribution in [1.82, 2.24) is 5.32 Å². The maximum absolute atomic E-state index is 12.5. The molecule has 0 spiro atoms. The maximum Gasteiger partial charge on any atom is 0.345 e. The second kappa shape index (κ2) is 7.09. The van der Waals surface area contributed by atoms with Crippen LogP contribution in [0.15, 0.2) is 23.1 Å². The zero-order valence-electron chi connectivity index (χ0n) is 14.4. The molecule has 0 radical (unpaired) electrons. The van der Waals surface area contributed by atoms with E-state index in [0.717, 1.165) is 44.3 Å². The molecule has 2 rings (SSSR count). The number of sulfone groups is 1. The minimum absolute atomic E-state index is 0.145. The number of nitrogens with zero attached hydrogens (tertiary/aromatic N) is 1. The first-order valence-corrected chi connectivity index (χ1v) is 9.84. The number of nitrogens with one attached hydrogen (secondary N) is 1. The molecule has 1 aromatic rings. The predicted octanol–water partition coefficient (Wildman–Crippen LogP) is 1.93. The van der Waals surface area contributed by atoms with Crippen LogP contribution < -0.4 is 5.32 Å². The van der Waals surface area contributed by atoms with Crippen LogP contribution in [0.4, 0.5) is 5.69 Å². The second-order valence-corrected chi connectivity index (χ2v) is 8.74. The number of nitro groups is 1. The third-order valence-corrected chi connectivity index (χ3v) is 5.60. The molecule has 0 aromatic heterocycles. The van der Waals surface area contributed by atoms with Crippen LogP contribution in [-0.2, 0) is 14.6 Å². The minimum atomic E-state index is -3.62. The van der Waals surface area contributed by atoms with Crippen LogP contribution in [0.5, 0.6) is 0 Å². The largest absolute Gasteiger partial charge is 0.456 e. The van der Waals surface area contributed by atoms with Crippen molar-refractivity contribution in [3.8, 4) is 0 Å². The van der Waals surface area contributed by atoms with E-state index in [2.05, 4.69) is 5.32 Å². The van der Waals surface area contributed by atoms with Crippen molar-refractivity contribution in [2.45, 2.75) is 37.2 Å². The summed E-state index contributed by atoms with van der Waals surface area (Å²) < 4.78 is 28.7. The highest BCUT2D eigenvalue weighted by atomic mass is 32.2. The molecule has 0 unspecified atom stereocenters. The molecule has 25 heavy (non-hydrogen) atoms. The lowest BCUT2D eigenvalue weighted by molar-refractivity contribution is -0.385. The Balaban J connectivity index is 2.30. The van der Waals surface area contributed by atoms with Crippen LogP contribution in [-0.4, -0.2) is 44.3 Å². The van der Waals surface area contributed by atoms with E-state index >= 15 is 0 Å². The molecule has 138 valence electrons. The van der Waals surface area contributed by atoms with Crippen LogP contribution >= 0.6 is 0 Å². The van der Waals surface area contributed by atoms with E-state index in [9.17, 15) is 23.3 Å². The molecule has 0 aliphatic carbocycles. The number of carbonyl (C=O) groups is 1. The first kappa shape index (κ1) is 19.3. The zero-order chi connectivity index (χ0) is 18.8. The Morgan fingerprint density at radius 3 is 2.44 bits per heavy atom. The lowest BCUT2D eigenvalue weighted by Crippen LogP contribution is -2.42. The molecule has 1 N–H and O–H groups in total. The summed E-state index contributed by atoms with van der Waals surface area (Å²) in [5.41, 5.74) is -1.60. The zero-order valence-corrected chi connectivity index (χ0v) is 15.3. The van der Waals surface area contributed by atoms with E-state index in [4.69, 9.17) is 4.74 Å². The van der Waals surface area contributed by atoms with Gasteiger partial charge in [-0.1, -0.05) is 0 Å². The number of rotatable bonds is 5. The fourth-order valence-electron chi connectivity index (χ4n) is 2.96. The Bertz CT molecular complexity index is 782. The molecule has 0 saturated carbocycles. The van der Waals surface area contributed by atoms with Crippen molar-refractivity contribution in [3.05, 3.63) is 33.9 Å². The van der Waals surface area contributed by atoms with Crippen LogP contribution in [0.25, 0.3) is 0 Å². The van der Waals surface area contributed by atoms with Gasteiger partial charge in [0.05, 0.1) is 9.82 Å². The molecule has 1 saturated heterocycles. The average molecular weight is 370 g/mol. The summed E-state index contributed by atoms with van der Waals surface area (Å²) in [4.78, 5) is 22.8. The van der Waals surface area contributed by atoms with Gasteiger partial charge in [-0.05, 0) is 51.9 Å². The van der Waals surface area contributed by atoms with Crippen molar-refractivity contribution in [2.75, 3.05) is 19.3 Å². The van der Waals surface area contributed by atoms with E-state index in [1.807, 2.05) is 0 Å². The second-order valence-electron chi connectivity index (χ2n) is 6.73. The van der Waals surface area contributed by atoms with E-state index in [1.165, 1.54) is 6.07 Å². The van der Waals surface area contributed by atoms with Gasteiger partial charge in [-0.25, -0.2) is 13.2 Å². The molecular formula is C16H22N2O6S. The SMILES string of the molecule is CC(C)(OC(=O)c1ccc(S(C)(=O)=O)cc1[N+](=O)[O-])C1CCNCC1. The molecule has 0 amide bonds. The number of hydrogen-bond acceptors (Lipinski definition) is 7. The highest BCUT2D eigenvalue weighted by Gasteiger charge is 2.36. The molecule has 8 nitrogen and oxygen atoms in total. The van der Waals surface area contributed by atoms with E-state index in [-0.39, 0.29) is 16.4 Å². The van der Waals surface area contributed by atoms with Gasteiger partial charge >= 0.3 is 5.97 Å². The maximum atomic E-state index is 12.5. The smallest absolute Gasteiger partial charge is 0.345 e. The third kappa shape index (κ3) is 4.55. The van der Waals surface area contributed by atoms with Crippen molar-refractivity contribution in [1.29, 1.82) is 0 Å². The Morgan fingerprint density at radius 1 is 1.32 bits per heavy atom. The molecule has 9 heteroatoms. The minimum Gasteiger partial charge on any atom is -0.456 e. The first-order chi connectivity index (χ1) is 11.5. The molecule has 1 aliphatic rings. The van der Waals surface area contributed by atoms with Gasteiger partial charge in [-0.15, -0.1) is 0 Å². The van der Waals surface area contributed by atoms with E-state index < -0.39 is 32.0 Å². The quantitative estimate of drug-likeness (QED) is 0.478. The van der Waals surface area contributed by atoms with Crippen molar-refractivity contribution in [3.63, 3.8) is 0 Å². The van der Waals surface area contributed by atoms with Gasteiger partial charge in [-0.2, -0.15) is 0 Å². The van der Waals surface area contributed by atoms with Gasteiger partial charge in [0.1, 0.15) is 11.2 Å². The van der Waals surface area contributed by atoms with Crippen molar-refractivity contribution < 1.29 is 22.9 Å². The Hall–Kier alpha value is -2.00. The number of ether oxygens (including phenoxy) is 1.